The molecule has 0 aliphatic heterocycles. The predicted octanol–water partition coefficient (Wildman–Crippen LogP) is 2.82. The first-order valence-electron chi connectivity index (χ1n) is 6.86. The van der Waals surface area contributed by atoms with E-state index in [-0.39, 0.29) is 0 Å². The first-order chi connectivity index (χ1) is 10.1. The summed E-state index contributed by atoms with van der Waals surface area (Å²) in [6.07, 6.45) is 2.91. The van der Waals surface area contributed by atoms with Gasteiger partial charge in [-0.2, -0.15) is 5.10 Å². The average Bonchev–Trinajstić information content (AvgIpc) is 2.86. The van der Waals surface area contributed by atoms with Crippen LogP contribution in [-0.4, -0.2) is 16.9 Å². The van der Waals surface area contributed by atoms with Gasteiger partial charge in [-0.3, -0.25) is 4.68 Å². The maximum Gasteiger partial charge on any atom is 0.161 e. The molecular formula is C15H19F2N3O. The van der Waals surface area contributed by atoms with Crippen LogP contribution < -0.4 is 10.5 Å². The Morgan fingerprint density at radius 2 is 2.10 bits per heavy atom. The third kappa shape index (κ3) is 3.39. The lowest BCUT2D eigenvalue weighted by molar-refractivity contribution is 0.400. The number of nitrogens with zero attached hydrogens (tertiary/aromatic N) is 2. The van der Waals surface area contributed by atoms with Crippen molar-refractivity contribution in [1.82, 2.24) is 9.78 Å². The number of benzene rings is 1. The lowest BCUT2D eigenvalue weighted by Crippen LogP contribution is -2.19. The summed E-state index contributed by atoms with van der Waals surface area (Å²) in [5.41, 5.74) is 7.61. The highest BCUT2D eigenvalue weighted by atomic mass is 19.2. The van der Waals surface area contributed by atoms with Gasteiger partial charge in [-0.1, -0.05) is 13.0 Å². The molecule has 2 aromatic rings. The van der Waals surface area contributed by atoms with Gasteiger partial charge in [-0.05, 0) is 30.5 Å². The number of halogens is 2. The molecule has 114 valence electrons. The minimum absolute atomic E-state index is 0.378. The highest BCUT2D eigenvalue weighted by Crippen LogP contribution is 2.26. The Hall–Kier alpha value is -1.95. The molecule has 6 heteroatoms. The van der Waals surface area contributed by atoms with E-state index in [1.807, 2.05) is 6.92 Å². The number of hydrogen-bond donors (Lipinski definition) is 1. The second-order valence-electron chi connectivity index (χ2n) is 4.88. The molecule has 0 aliphatic carbocycles. The summed E-state index contributed by atoms with van der Waals surface area (Å²) in [6.45, 7) is 2.77. The van der Waals surface area contributed by atoms with Crippen LogP contribution in [0.4, 0.5) is 8.78 Å². The van der Waals surface area contributed by atoms with Gasteiger partial charge < -0.3 is 10.5 Å². The molecule has 0 radical (unpaired) electrons. The van der Waals surface area contributed by atoms with E-state index in [2.05, 4.69) is 5.10 Å². The molecule has 0 spiro atoms. The Balaban J connectivity index is 2.24. The van der Waals surface area contributed by atoms with Gasteiger partial charge in [0.25, 0.3) is 0 Å². The summed E-state index contributed by atoms with van der Waals surface area (Å²) in [5.74, 6) is -1.12. The van der Waals surface area contributed by atoms with Crippen molar-refractivity contribution < 1.29 is 13.5 Å². The zero-order valence-electron chi connectivity index (χ0n) is 12.1. The smallest absolute Gasteiger partial charge is 0.161 e. The molecule has 1 aromatic heterocycles. The van der Waals surface area contributed by atoms with Gasteiger partial charge in [0, 0.05) is 6.54 Å². The molecule has 0 amide bonds. The van der Waals surface area contributed by atoms with Gasteiger partial charge in [-0.15, -0.1) is 0 Å². The van der Waals surface area contributed by atoms with Gasteiger partial charge in [0.2, 0.25) is 0 Å². The van der Waals surface area contributed by atoms with Crippen molar-refractivity contribution in [3.8, 4) is 5.75 Å². The fraction of sp³-hybridized carbons (Fsp3) is 0.400. The topological polar surface area (TPSA) is 53.1 Å². The van der Waals surface area contributed by atoms with E-state index in [1.165, 1.54) is 12.1 Å². The van der Waals surface area contributed by atoms with Crippen molar-refractivity contribution in [2.45, 2.75) is 32.4 Å². The van der Waals surface area contributed by atoms with Crippen LogP contribution in [0.25, 0.3) is 0 Å². The Morgan fingerprint density at radius 1 is 1.33 bits per heavy atom. The van der Waals surface area contributed by atoms with Gasteiger partial charge in [0.1, 0.15) is 0 Å². The summed E-state index contributed by atoms with van der Waals surface area (Å²) < 4.78 is 33.3. The number of rotatable bonds is 6. The van der Waals surface area contributed by atoms with Crippen molar-refractivity contribution in [3.05, 3.63) is 47.3 Å². The first kappa shape index (κ1) is 15.4. The Morgan fingerprint density at radius 3 is 2.71 bits per heavy atom. The Labute approximate surface area is 122 Å². The lowest BCUT2D eigenvalue weighted by Gasteiger charge is -2.16. The maximum atomic E-state index is 13.3. The summed E-state index contributed by atoms with van der Waals surface area (Å²) >= 11 is 0. The van der Waals surface area contributed by atoms with E-state index in [0.717, 1.165) is 24.7 Å². The largest absolute Gasteiger partial charge is 0.493 e. The average molecular weight is 295 g/mol. The van der Waals surface area contributed by atoms with E-state index < -0.39 is 17.7 Å². The quantitative estimate of drug-likeness (QED) is 0.891. The molecule has 1 unspecified atom stereocenters. The SMILES string of the molecule is CCCn1ncc(OC)c1C(N)Cc1ccc(F)c(F)c1. The van der Waals surface area contributed by atoms with Crippen molar-refractivity contribution in [1.29, 1.82) is 0 Å². The van der Waals surface area contributed by atoms with E-state index in [9.17, 15) is 8.78 Å². The van der Waals surface area contributed by atoms with E-state index in [1.54, 1.807) is 18.0 Å². The van der Waals surface area contributed by atoms with Crippen LogP contribution in [0.5, 0.6) is 5.75 Å². The summed E-state index contributed by atoms with van der Waals surface area (Å²) in [7, 11) is 1.56. The molecule has 0 aliphatic rings. The molecule has 4 nitrogen and oxygen atoms in total. The maximum absolute atomic E-state index is 13.3. The number of hydrogen-bond acceptors (Lipinski definition) is 3. The number of aryl methyl sites for hydroxylation is 1. The van der Waals surface area contributed by atoms with E-state index in [4.69, 9.17) is 10.5 Å². The number of ether oxygens (including phenoxy) is 1. The molecule has 0 fully saturated rings. The number of nitrogens with two attached hydrogens (primary N) is 1. The van der Waals surface area contributed by atoms with Crippen LogP contribution in [0.2, 0.25) is 0 Å². The monoisotopic (exact) mass is 295 g/mol. The Bertz CT molecular complexity index is 613. The highest BCUT2D eigenvalue weighted by molar-refractivity contribution is 5.30. The van der Waals surface area contributed by atoms with Crippen LogP contribution in [0, 0.1) is 11.6 Å². The van der Waals surface area contributed by atoms with E-state index in [0.29, 0.717) is 17.7 Å². The van der Waals surface area contributed by atoms with Crippen molar-refractivity contribution in [2.75, 3.05) is 7.11 Å². The van der Waals surface area contributed by atoms with Crippen molar-refractivity contribution in [3.63, 3.8) is 0 Å². The molecule has 1 aromatic carbocycles. The van der Waals surface area contributed by atoms with Gasteiger partial charge in [-0.25, -0.2) is 8.78 Å². The third-order valence-corrected chi connectivity index (χ3v) is 3.29. The third-order valence-electron chi connectivity index (χ3n) is 3.29. The summed E-state index contributed by atoms with van der Waals surface area (Å²) in [6, 6.07) is 3.41. The zero-order valence-corrected chi connectivity index (χ0v) is 12.1. The lowest BCUT2D eigenvalue weighted by atomic mass is 10.0. The molecule has 2 N–H and O–H groups in total. The summed E-state index contributed by atoms with van der Waals surface area (Å²) in [5, 5.41) is 4.25. The second-order valence-corrected chi connectivity index (χ2v) is 4.88. The standard InChI is InChI=1S/C15H19F2N3O/c1-3-6-20-15(14(21-2)9-19-20)13(18)8-10-4-5-11(16)12(17)7-10/h4-5,7,9,13H,3,6,8,18H2,1-2H3. The second kappa shape index (κ2) is 6.67. The van der Waals surface area contributed by atoms with Crippen molar-refractivity contribution in [2.24, 2.45) is 5.73 Å². The normalized spacial score (nSPS) is 12.4. The first-order valence-corrected chi connectivity index (χ1v) is 6.86. The Kier molecular flexibility index (Phi) is 4.90. The molecule has 1 heterocycles. The van der Waals surface area contributed by atoms with Crippen LogP contribution >= 0.6 is 0 Å². The van der Waals surface area contributed by atoms with Gasteiger partial charge >= 0.3 is 0 Å². The predicted molar refractivity (Wildman–Crippen MR) is 76.1 cm³/mol. The fourth-order valence-electron chi connectivity index (χ4n) is 2.32. The number of methoxy groups -OCH3 is 1. The summed E-state index contributed by atoms with van der Waals surface area (Å²) in [4.78, 5) is 0. The molecule has 21 heavy (non-hydrogen) atoms. The molecule has 0 bridgehead atoms. The number of aromatic nitrogens is 2. The van der Waals surface area contributed by atoms with E-state index >= 15 is 0 Å². The van der Waals surface area contributed by atoms with Crippen LogP contribution in [0.3, 0.4) is 0 Å². The van der Waals surface area contributed by atoms with Crippen LogP contribution in [0.15, 0.2) is 24.4 Å². The van der Waals surface area contributed by atoms with Crippen LogP contribution in [0.1, 0.15) is 30.6 Å². The van der Waals surface area contributed by atoms with Crippen LogP contribution in [-0.2, 0) is 13.0 Å². The fourth-order valence-corrected chi connectivity index (χ4v) is 2.32. The minimum atomic E-state index is -0.867. The molecule has 0 saturated carbocycles. The minimum Gasteiger partial charge on any atom is -0.493 e. The molecule has 0 saturated heterocycles. The van der Waals surface area contributed by atoms with Gasteiger partial charge in [0.05, 0.1) is 25.0 Å². The highest BCUT2D eigenvalue weighted by Gasteiger charge is 2.19. The van der Waals surface area contributed by atoms with Gasteiger partial charge in [0.15, 0.2) is 17.4 Å². The molecule has 1 atom stereocenters. The van der Waals surface area contributed by atoms with Crippen molar-refractivity contribution >= 4 is 0 Å². The zero-order chi connectivity index (χ0) is 15.4. The molecule has 2 rings (SSSR count). The molecular weight excluding hydrogens is 276 g/mol.